The first-order valence-corrected chi connectivity index (χ1v) is 15.0. The van der Waals surface area contributed by atoms with Crippen molar-refractivity contribution in [3.05, 3.63) is 76.2 Å². The molecule has 1 aliphatic carbocycles. The summed E-state index contributed by atoms with van der Waals surface area (Å²) in [6.07, 6.45) is 2.47. The number of halogens is 5. The number of imide groups is 1. The Bertz CT molecular complexity index is 1580. The topological polar surface area (TPSA) is 119 Å². The minimum atomic E-state index is -2.33. The molecule has 234 valence electrons. The summed E-state index contributed by atoms with van der Waals surface area (Å²) in [6, 6.07) is 11.7. The predicted octanol–water partition coefficient (Wildman–Crippen LogP) is 6.49. The largest absolute Gasteiger partial charge is 0.493 e. The number of carbonyl (C=O) groups is 3. The molecule has 0 spiro atoms. The Morgan fingerprint density at radius 3 is 2.39 bits per heavy atom. The van der Waals surface area contributed by atoms with Gasteiger partial charge < -0.3 is 20.1 Å². The van der Waals surface area contributed by atoms with Gasteiger partial charge in [0.05, 0.1) is 29.5 Å². The summed E-state index contributed by atoms with van der Waals surface area (Å²) in [6.45, 7) is 3.60. The fourth-order valence-corrected chi connectivity index (χ4v) is 4.44. The van der Waals surface area contributed by atoms with Crippen molar-refractivity contribution >= 4 is 64.2 Å². The number of rotatable bonds is 10. The van der Waals surface area contributed by atoms with Crippen molar-refractivity contribution in [2.24, 2.45) is 0 Å². The molecule has 14 heteroatoms. The highest BCUT2D eigenvalue weighted by atomic mass is 35.6. The number of alkyl halides is 3. The molecule has 0 aliphatic heterocycles. The molecule has 1 fully saturated rings. The second-order valence-electron chi connectivity index (χ2n) is 10.6. The van der Waals surface area contributed by atoms with Crippen molar-refractivity contribution in [2.75, 3.05) is 13.7 Å². The van der Waals surface area contributed by atoms with Gasteiger partial charge in [0.25, 0.3) is 15.6 Å². The Kier molecular flexibility index (Phi) is 10.5. The molecular weight excluding hydrogens is 657 g/mol. The van der Waals surface area contributed by atoms with Crippen LogP contribution >= 0.6 is 46.4 Å². The number of amides is 4. The van der Waals surface area contributed by atoms with E-state index in [1.54, 1.807) is 44.2 Å². The Labute approximate surface area is 273 Å². The van der Waals surface area contributed by atoms with Gasteiger partial charge in [-0.15, -0.1) is 0 Å². The third-order valence-corrected chi connectivity index (χ3v) is 7.44. The second-order valence-corrected chi connectivity index (χ2v) is 13.3. The predicted molar refractivity (Wildman–Crippen MR) is 167 cm³/mol. The molecule has 4 rings (SSSR count). The maximum absolute atomic E-state index is 13.9. The van der Waals surface area contributed by atoms with E-state index in [-0.39, 0.29) is 23.6 Å². The lowest BCUT2D eigenvalue weighted by atomic mass is 9.92. The van der Waals surface area contributed by atoms with Crippen LogP contribution in [0, 0.1) is 5.82 Å². The zero-order chi connectivity index (χ0) is 32.2. The third-order valence-electron chi connectivity index (χ3n) is 6.64. The third kappa shape index (κ3) is 8.88. The summed E-state index contributed by atoms with van der Waals surface area (Å²) in [5, 5.41) is 7.44. The first kappa shape index (κ1) is 33.6. The first-order chi connectivity index (χ1) is 20.7. The normalized spacial score (nSPS) is 13.2. The maximum Gasteiger partial charge on any atom is 0.322 e. The number of nitrogens with zero attached hydrogens (tertiary/aromatic N) is 1. The van der Waals surface area contributed by atoms with Crippen LogP contribution in [0.5, 0.6) is 11.5 Å². The molecule has 1 heterocycles. The van der Waals surface area contributed by atoms with Gasteiger partial charge in [0.2, 0.25) is 0 Å². The fourth-order valence-electron chi connectivity index (χ4n) is 4.12. The van der Waals surface area contributed by atoms with Crippen LogP contribution in [-0.4, -0.2) is 46.4 Å². The fraction of sp³-hybridized carbons (Fsp3) is 0.333. The summed E-state index contributed by atoms with van der Waals surface area (Å²) in [4.78, 5) is 42.1. The Hall–Kier alpha value is -3.31. The van der Waals surface area contributed by atoms with E-state index < -0.39 is 27.1 Å². The summed E-state index contributed by atoms with van der Waals surface area (Å²) < 4.78 is 22.8. The summed E-state index contributed by atoms with van der Waals surface area (Å²) in [7, 11) is 1.51. The van der Waals surface area contributed by atoms with Gasteiger partial charge in [-0.3, -0.25) is 19.9 Å². The van der Waals surface area contributed by atoms with E-state index in [2.05, 4.69) is 15.6 Å². The van der Waals surface area contributed by atoms with Gasteiger partial charge in [-0.05, 0) is 80.8 Å². The molecule has 1 aliphatic rings. The van der Waals surface area contributed by atoms with E-state index in [0.717, 1.165) is 12.8 Å². The van der Waals surface area contributed by atoms with Crippen LogP contribution in [0.1, 0.15) is 48.3 Å². The lowest BCUT2D eigenvalue weighted by molar-refractivity contribution is -0.119. The Balaban J connectivity index is 1.53. The number of methoxy groups -OCH3 is 1. The van der Waals surface area contributed by atoms with E-state index in [1.165, 1.54) is 25.3 Å². The molecule has 0 bridgehead atoms. The van der Waals surface area contributed by atoms with Crippen molar-refractivity contribution < 1.29 is 28.2 Å². The molecule has 1 aromatic heterocycles. The Morgan fingerprint density at radius 2 is 1.75 bits per heavy atom. The quantitative estimate of drug-likeness (QED) is 0.210. The monoisotopic (exact) mass is 684 g/mol. The average Bonchev–Trinajstić information content (AvgIpc) is 3.77. The number of nitrogens with one attached hydrogen (secondary N) is 3. The molecule has 0 radical (unpaired) electrons. The Morgan fingerprint density at radius 1 is 1.02 bits per heavy atom. The van der Waals surface area contributed by atoms with Gasteiger partial charge in [0.1, 0.15) is 5.82 Å². The SMILES string of the molecule is COc1cc(C(=O)NCCc2cc(C(C)(C)NC(=O)NC(=O)C(Cl)(Cl)Cl)cc(-c3ccc(F)c(Cl)c3)n2)ccc1OC1CC1. The molecule has 0 atom stereocenters. The molecule has 0 unspecified atom stereocenters. The van der Waals surface area contributed by atoms with Gasteiger partial charge in [-0.25, -0.2) is 9.18 Å². The number of urea groups is 1. The molecule has 9 nitrogen and oxygen atoms in total. The molecule has 44 heavy (non-hydrogen) atoms. The zero-order valence-electron chi connectivity index (χ0n) is 23.9. The van der Waals surface area contributed by atoms with Crippen LogP contribution in [0.3, 0.4) is 0 Å². The van der Waals surface area contributed by atoms with Gasteiger partial charge in [0, 0.05) is 29.8 Å². The van der Waals surface area contributed by atoms with Crippen LogP contribution in [0.2, 0.25) is 5.02 Å². The average molecular weight is 686 g/mol. The van der Waals surface area contributed by atoms with E-state index in [1.807, 2.05) is 5.32 Å². The van der Waals surface area contributed by atoms with Crippen molar-refractivity contribution in [1.82, 2.24) is 20.9 Å². The van der Waals surface area contributed by atoms with E-state index in [4.69, 9.17) is 55.9 Å². The van der Waals surface area contributed by atoms with Crippen molar-refractivity contribution in [1.29, 1.82) is 0 Å². The van der Waals surface area contributed by atoms with Gasteiger partial charge >= 0.3 is 6.03 Å². The molecular formula is C30H29Cl4FN4O5. The summed E-state index contributed by atoms with van der Waals surface area (Å²) in [5.74, 6) is -0.972. The van der Waals surface area contributed by atoms with Crippen molar-refractivity contribution in [3.8, 4) is 22.8 Å². The lowest BCUT2D eigenvalue weighted by Crippen LogP contribution is -2.50. The van der Waals surface area contributed by atoms with E-state index >= 15 is 0 Å². The van der Waals surface area contributed by atoms with E-state index in [9.17, 15) is 18.8 Å². The molecule has 1 saturated carbocycles. The summed E-state index contributed by atoms with van der Waals surface area (Å²) >= 11 is 22.7. The summed E-state index contributed by atoms with van der Waals surface area (Å²) in [5.41, 5.74) is 1.42. The van der Waals surface area contributed by atoms with Crippen LogP contribution in [-0.2, 0) is 16.8 Å². The highest BCUT2D eigenvalue weighted by Gasteiger charge is 2.33. The molecule has 4 amide bonds. The molecule has 3 aromatic rings. The van der Waals surface area contributed by atoms with Crippen molar-refractivity contribution in [3.63, 3.8) is 0 Å². The van der Waals surface area contributed by atoms with Crippen LogP contribution in [0.15, 0.2) is 48.5 Å². The van der Waals surface area contributed by atoms with E-state index in [0.29, 0.717) is 46.0 Å². The molecule has 3 N–H and O–H groups in total. The number of ether oxygens (including phenoxy) is 2. The first-order valence-electron chi connectivity index (χ1n) is 13.5. The van der Waals surface area contributed by atoms with Gasteiger partial charge in [-0.1, -0.05) is 46.4 Å². The standard InChI is InChI=1S/C30H29Cl4FN4O5/c1-29(2,39-28(42)38-27(41)30(32,33)34)18-14-19(37-23(15-18)16-4-8-22(35)21(31)12-16)10-11-36-26(40)17-5-9-24(25(13-17)43-3)44-20-6-7-20/h4-5,8-9,12-15,20H,6-7,10-11H2,1-3H3,(H,36,40)(H2,38,39,41,42). The van der Waals surface area contributed by atoms with Crippen LogP contribution in [0.4, 0.5) is 9.18 Å². The number of pyridine rings is 1. The number of aromatic nitrogens is 1. The smallest absolute Gasteiger partial charge is 0.322 e. The highest BCUT2D eigenvalue weighted by Crippen LogP contribution is 2.34. The number of hydrogen-bond acceptors (Lipinski definition) is 6. The molecule has 0 saturated heterocycles. The molecule has 2 aromatic carbocycles. The van der Waals surface area contributed by atoms with Crippen molar-refractivity contribution in [2.45, 2.75) is 48.5 Å². The number of hydrogen-bond donors (Lipinski definition) is 3. The lowest BCUT2D eigenvalue weighted by Gasteiger charge is -2.28. The minimum absolute atomic E-state index is 0.0884. The van der Waals surface area contributed by atoms with Gasteiger partial charge in [0.15, 0.2) is 11.5 Å². The highest BCUT2D eigenvalue weighted by molar-refractivity contribution is 6.76. The number of benzene rings is 2. The van der Waals surface area contributed by atoms with Crippen LogP contribution < -0.4 is 25.4 Å². The van der Waals surface area contributed by atoms with Gasteiger partial charge in [-0.2, -0.15) is 0 Å². The second kappa shape index (κ2) is 13.8. The minimum Gasteiger partial charge on any atom is -0.493 e. The maximum atomic E-state index is 13.9. The van der Waals surface area contributed by atoms with Crippen LogP contribution in [0.25, 0.3) is 11.3 Å². The zero-order valence-corrected chi connectivity index (χ0v) is 26.9. The number of carbonyl (C=O) groups excluding carboxylic acids is 3.